The number of aromatic nitrogens is 2. The fraction of sp³-hybridized carbons (Fsp3) is 0.615. The van der Waals surface area contributed by atoms with Crippen LogP contribution in [0.2, 0.25) is 0 Å². The summed E-state index contributed by atoms with van der Waals surface area (Å²) in [5.74, 6) is 1.03. The second-order valence-electron chi connectivity index (χ2n) is 4.86. The first-order valence-electron chi connectivity index (χ1n) is 6.56. The van der Waals surface area contributed by atoms with Crippen molar-refractivity contribution in [1.29, 1.82) is 0 Å². The van der Waals surface area contributed by atoms with E-state index >= 15 is 0 Å². The molecule has 0 aromatic carbocycles. The van der Waals surface area contributed by atoms with E-state index in [1.165, 1.54) is 0 Å². The maximum absolute atomic E-state index is 11.7. The van der Waals surface area contributed by atoms with Crippen molar-refractivity contribution in [3.8, 4) is 0 Å². The molecule has 1 amide bonds. The monoisotopic (exact) mass is 280 g/mol. The summed E-state index contributed by atoms with van der Waals surface area (Å²) in [6.45, 7) is 0. The predicted molar refractivity (Wildman–Crippen MR) is 75.7 cm³/mol. The molecule has 1 heterocycles. The van der Waals surface area contributed by atoms with Gasteiger partial charge in [-0.15, -0.1) is 11.8 Å². The standard InChI is InChI=1S/C13H20N4OS/c1-15-13(12(14)18)5-2-3-10(13)4-8-19-11-9-16-6-7-17-11/h6-7,9-10,15H,2-5,8H2,1H3,(H2,14,18). The Bertz CT molecular complexity index is 428. The van der Waals surface area contributed by atoms with Crippen LogP contribution in [0.3, 0.4) is 0 Å². The van der Waals surface area contributed by atoms with Crippen molar-refractivity contribution >= 4 is 17.7 Å². The van der Waals surface area contributed by atoms with Gasteiger partial charge in [0, 0.05) is 12.4 Å². The lowest BCUT2D eigenvalue weighted by Gasteiger charge is -2.32. The lowest BCUT2D eigenvalue weighted by Crippen LogP contribution is -2.56. The highest BCUT2D eigenvalue weighted by atomic mass is 32.2. The summed E-state index contributed by atoms with van der Waals surface area (Å²) in [7, 11) is 1.83. The number of carbonyl (C=O) groups excluding carboxylic acids is 1. The zero-order chi connectivity index (χ0) is 13.7. The zero-order valence-corrected chi connectivity index (χ0v) is 11.9. The molecule has 3 N–H and O–H groups in total. The number of thioether (sulfide) groups is 1. The smallest absolute Gasteiger partial charge is 0.238 e. The number of rotatable bonds is 6. The molecule has 2 unspecified atom stereocenters. The van der Waals surface area contributed by atoms with Crippen LogP contribution in [0.25, 0.3) is 0 Å². The van der Waals surface area contributed by atoms with Gasteiger partial charge in [0.25, 0.3) is 0 Å². The Morgan fingerprint density at radius 1 is 1.63 bits per heavy atom. The molecule has 5 nitrogen and oxygen atoms in total. The largest absolute Gasteiger partial charge is 0.368 e. The average molecular weight is 280 g/mol. The number of primary amides is 1. The minimum Gasteiger partial charge on any atom is -0.368 e. The molecule has 1 aromatic heterocycles. The van der Waals surface area contributed by atoms with Crippen molar-refractivity contribution in [3.63, 3.8) is 0 Å². The van der Waals surface area contributed by atoms with Crippen LogP contribution in [0.15, 0.2) is 23.6 Å². The molecule has 1 aromatic rings. The summed E-state index contributed by atoms with van der Waals surface area (Å²) in [6.07, 6.45) is 9.05. The highest BCUT2D eigenvalue weighted by Gasteiger charge is 2.45. The van der Waals surface area contributed by atoms with E-state index in [4.69, 9.17) is 5.73 Å². The first kappa shape index (κ1) is 14.3. The number of nitrogens with one attached hydrogen (secondary N) is 1. The number of nitrogens with zero attached hydrogens (tertiary/aromatic N) is 2. The second-order valence-corrected chi connectivity index (χ2v) is 5.97. The molecule has 0 bridgehead atoms. The van der Waals surface area contributed by atoms with E-state index in [0.717, 1.165) is 36.5 Å². The first-order valence-corrected chi connectivity index (χ1v) is 7.55. The molecule has 0 spiro atoms. The molecule has 104 valence electrons. The van der Waals surface area contributed by atoms with Crippen LogP contribution >= 0.6 is 11.8 Å². The molecular formula is C13H20N4OS. The number of nitrogens with two attached hydrogens (primary N) is 1. The number of hydrogen-bond acceptors (Lipinski definition) is 5. The van der Waals surface area contributed by atoms with Gasteiger partial charge in [0.15, 0.2) is 0 Å². The minimum absolute atomic E-state index is 0.220. The molecule has 2 atom stereocenters. The van der Waals surface area contributed by atoms with Gasteiger partial charge in [0.05, 0.1) is 6.20 Å². The van der Waals surface area contributed by atoms with Crippen LogP contribution in [-0.2, 0) is 4.79 Å². The maximum Gasteiger partial charge on any atom is 0.238 e. The van der Waals surface area contributed by atoms with Gasteiger partial charge in [0.1, 0.15) is 10.6 Å². The van der Waals surface area contributed by atoms with Crippen molar-refractivity contribution < 1.29 is 4.79 Å². The van der Waals surface area contributed by atoms with Gasteiger partial charge >= 0.3 is 0 Å². The molecule has 1 aliphatic rings. The number of carbonyl (C=O) groups is 1. The molecule has 0 aliphatic heterocycles. The van der Waals surface area contributed by atoms with E-state index in [9.17, 15) is 4.79 Å². The highest BCUT2D eigenvalue weighted by molar-refractivity contribution is 7.99. The fourth-order valence-corrected chi connectivity index (χ4v) is 3.79. The van der Waals surface area contributed by atoms with E-state index in [-0.39, 0.29) is 5.91 Å². The molecule has 0 saturated heterocycles. The molecule has 19 heavy (non-hydrogen) atoms. The Balaban J connectivity index is 1.90. The first-order chi connectivity index (χ1) is 9.19. The van der Waals surface area contributed by atoms with Gasteiger partial charge in [-0.1, -0.05) is 6.42 Å². The summed E-state index contributed by atoms with van der Waals surface area (Å²) in [5.41, 5.74) is 5.07. The molecule has 1 aliphatic carbocycles. The molecule has 6 heteroatoms. The van der Waals surface area contributed by atoms with E-state index < -0.39 is 5.54 Å². The normalized spacial score (nSPS) is 26.5. The van der Waals surface area contributed by atoms with Gasteiger partial charge < -0.3 is 11.1 Å². The van der Waals surface area contributed by atoms with Gasteiger partial charge in [-0.3, -0.25) is 9.78 Å². The van der Waals surface area contributed by atoms with Crippen molar-refractivity contribution in [1.82, 2.24) is 15.3 Å². The lowest BCUT2D eigenvalue weighted by molar-refractivity contribution is -0.125. The Labute approximate surface area is 117 Å². The zero-order valence-electron chi connectivity index (χ0n) is 11.1. The molecule has 0 radical (unpaired) electrons. The van der Waals surface area contributed by atoms with Crippen LogP contribution in [0.4, 0.5) is 0 Å². The molecular weight excluding hydrogens is 260 g/mol. The third kappa shape index (κ3) is 3.06. The van der Waals surface area contributed by atoms with Gasteiger partial charge in [-0.25, -0.2) is 4.98 Å². The number of hydrogen-bond donors (Lipinski definition) is 2. The summed E-state index contributed by atoms with van der Waals surface area (Å²) < 4.78 is 0. The van der Waals surface area contributed by atoms with Crippen molar-refractivity contribution in [2.45, 2.75) is 36.2 Å². The number of amides is 1. The Morgan fingerprint density at radius 2 is 2.47 bits per heavy atom. The summed E-state index contributed by atoms with van der Waals surface area (Å²) in [6, 6.07) is 0. The number of likely N-dealkylation sites (N-methyl/N-ethyl adjacent to an activating group) is 1. The topological polar surface area (TPSA) is 80.9 Å². The van der Waals surface area contributed by atoms with E-state index in [1.807, 2.05) is 7.05 Å². The quantitative estimate of drug-likeness (QED) is 0.765. The molecule has 1 fully saturated rings. The van der Waals surface area contributed by atoms with E-state index in [2.05, 4.69) is 15.3 Å². The summed E-state index contributed by atoms with van der Waals surface area (Å²) in [5, 5.41) is 4.09. The predicted octanol–water partition coefficient (Wildman–Crippen LogP) is 1.20. The Hall–Kier alpha value is -1.14. The van der Waals surface area contributed by atoms with Gasteiger partial charge in [0.2, 0.25) is 5.91 Å². The average Bonchev–Trinajstić information content (AvgIpc) is 2.84. The van der Waals surface area contributed by atoms with E-state index in [0.29, 0.717) is 5.92 Å². The SMILES string of the molecule is CNC1(C(N)=O)CCCC1CCSc1cnccn1. The molecule has 2 rings (SSSR count). The van der Waals surface area contributed by atoms with Crippen molar-refractivity contribution in [2.75, 3.05) is 12.8 Å². The lowest BCUT2D eigenvalue weighted by atomic mass is 9.84. The van der Waals surface area contributed by atoms with Gasteiger partial charge in [-0.2, -0.15) is 0 Å². The highest BCUT2D eigenvalue weighted by Crippen LogP contribution is 2.38. The van der Waals surface area contributed by atoms with Crippen LogP contribution in [0.1, 0.15) is 25.7 Å². The van der Waals surface area contributed by atoms with Crippen LogP contribution in [0.5, 0.6) is 0 Å². The van der Waals surface area contributed by atoms with E-state index in [1.54, 1.807) is 30.4 Å². The van der Waals surface area contributed by atoms with Crippen LogP contribution < -0.4 is 11.1 Å². The van der Waals surface area contributed by atoms with Crippen molar-refractivity contribution in [3.05, 3.63) is 18.6 Å². The van der Waals surface area contributed by atoms with Gasteiger partial charge in [-0.05, 0) is 38.0 Å². The Kier molecular flexibility index (Phi) is 4.76. The minimum atomic E-state index is -0.511. The van der Waals surface area contributed by atoms with Crippen molar-refractivity contribution in [2.24, 2.45) is 11.7 Å². The maximum atomic E-state index is 11.7. The molecule has 1 saturated carbocycles. The second kappa shape index (κ2) is 6.34. The van der Waals surface area contributed by atoms with Crippen LogP contribution in [-0.4, -0.2) is 34.2 Å². The summed E-state index contributed by atoms with van der Waals surface area (Å²) in [4.78, 5) is 20.0. The third-order valence-electron chi connectivity index (χ3n) is 3.96. The van der Waals surface area contributed by atoms with Crippen LogP contribution in [0, 0.1) is 5.92 Å². The summed E-state index contributed by atoms with van der Waals surface area (Å²) >= 11 is 1.68. The fourth-order valence-electron chi connectivity index (χ4n) is 2.91. The Morgan fingerprint density at radius 3 is 3.11 bits per heavy atom. The third-order valence-corrected chi connectivity index (χ3v) is 4.91.